The van der Waals surface area contributed by atoms with Crippen LogP contribution in [0.2, 0.25) is 0 Å². The molecule has 1 heterocycles. The van der Waals surface area contributed by atoms with E-state index in [1.165, 1.54) is 0 Å². The van der Waals surface area contributed by atoms with Crippen LogP contribution in [0.1, 0.15) is 17.5 Å². The number of rotatable bonds is 4. The van der Waals surface area contributed by atoms with Gasteiger partial charge >= 0.3 is 0 Å². The molecule has 1 N–H and O–H groups in total. The maximum atomic E-state index is 12.9. The first-order chi connectivity index (χ1) is 11.1. The standard InChI is InChI=1S/C19H20N2O2/c1-14-7-9-16(10-8-14)21(17-11-12-20-19(17)23)18(22)13-15-5-3-2-4-6-15/h2-10,17H,11-13H2,1H3,(H,20,23). The van der Waals surface area contributed by atoms with Crippen molar-refractivity contribution in [2.75, 3.05) is 11.4 Å². The van der Waals surface area contributed by atoms with Crippen LogP contribution in [0.4, 0.5) is 5.69 Å². The monoisotopic (exact) mass is 308 g/mol. The lowest BCUT2D eigenvalue weighted by Crippen LogP contribution is -2.45. The molecule has 0 aromatic heterocycles. The van der Waals surface area contributed by atoms with E-state index in [4.69, 9.17) is 0 Å². The van der Waals surface area contributed by atoms with Crippen molar-refractivity contribution in [3.05, 3.63) is 65.7 Å². The summed E-state index contributed by atoms with van der Waals surface area (Å²) in [5.74, 6) is -0.130. The van der Waals surface area contributed by atoms with E-state index in [0.717, 1.165) is 16.8 Å². The summed E-state index contributed by atoms with van der Waals surface area (Å²) in [6, 6.07) is 16.9. The van der Waals surface area contributed by atoms with Crippen LogP contribution in [0.15, 0.2) is 54.6 Å². The number of hydrogen-bond donors (Lipinski definition) is 1. The van der Waals surface area contributed by atoms with Crippen LogP contribution in [0, 0.1) is 6.92 Å². The van der Waals surface area contributed by atoms with Gasteiger partial charge in [0.05, 0.1) is 6.42 Å². The molecule has 2 aromatic rings. The number of carbonyl (C=O) groups excluding carboxylic acids is 2. The molecule has 1 saturated heterocycles. The lowest BCUT2D eigenvalue weighted by atomic mass is 10.1. The molecule has 4 nitrogen and oxygen atoms in total. The molecule has 1 atom stereocenters. The van der Waals surface area contributed by atoms with Crippen molar-refractivity contribution in [3.63, 3.8) is 0 Å². The summed E-state index contributed by atoms with van der Waals surface area (Å²) in [5.41, 5.74) is 2.85. The highest BCUT2D eigenvalue weighted by molar-refractivity contribution is 6.02. The summed E-state index contributed by atoms with van der Waals surface area (Å²) in [4.78, 5) is 26.6. The quantitative estimate of drug-likeness (QED) is 0.943. The van der Waals surface area contributed by atoms with Gasteiger partial charge < -0.3 is 5.32 Å². The second-order valence-corrected chi connectivity index (χ2v) is 5.86. The van der Waals surface area contributed by atoms with Gasteiger partial charge in [-0.15, -0.1) is 0 Å². The Morgan fingerprint density at radius 3 is 2.43 bits per heavy atom. The molecule has 1 aliphatic rings. The molecule has 0 bridgehead atoms. The zero-order valence-corrected chi connectivity index (χ0v) is 13.2. The lowest BCUT2D eigenvalue weighted by molar-refractivity contribution is -0.124. The average Bonchev–Trinajstić information content (AvgIpc) is 2.96. The van der Waals surface area contributed by atoms with Crippen molar-refractivity contribution in [1.29, 1.82) is 0 Å². The fourth-order valence-corrected chi connectivity index (χ4v) is 2.89. The summed E-state index contributed by atoms with van der Waals surface area (Å²) < 4.78 is 0. The van der Waals surface area contributed by atoms with Crippen LogP contribution in [-0.2, 0) is 16.0 Å². The summed E-state index contributed by atoms with van der Waals surface area (Å²) in [5, 5.41) is 2.82. The van der Waals surface area contributed by atoms with Crippen LogP contribution in [0.25, 0.3) is 0 Å². The van der Waals surface area contributed by atoms with Crippen LogP contribution in [0.3, 0.4) is 0 Å². The molecule has 4 heteroatoms. The molecule has 2 amide bonds. The van der Waals surface area contributed by atoms with Gasteiger partial charge in [0.25, 0.3) is 0 Å². The van der Waals surface area contributed by atoms with E-state index in [0.29, 0.717) is 19.4 Å². The Morgan fingerprint density at radius 2 is 1.83 bits per heavy atom. The first-order valence-corrected chi connectivity index (χ1v) is 7.85. The number of amides is 2. The van der Waals surface area contributed by atoms with Crippen LogP contribution in [-0.4, -0.2) is 24.4 Å². The van der Waals surface area contributed by atoms with Crippen molar-refractivity contribution in [1.82, 2.24) is 5.32 Å². The smallest absolute Gasteiger partial charge is 0.243 e. The second kappa shape index (κ2) is 6.65. The summed E-state index contributed by atoms with van der Waals surface area (Å²) in [7, 11) is 0. The highest BCUT2D eigenvalue weighted by Gasteiger charge is 2.34. The van der Waals surface area contributed by atoms with Crippen molar-refractivity contribution >= 4 is 17.5 Å². The van der Waals surface area contributed by atoms with E-state index >= 15 is 0 Å². The highest BCUT2D eigenvalue weighted by atomic mass is 16.2. The topological polar surface area (TPSA) is 49.4 Å². The first-order valence-electron chi connectivity index (χ1n) is 7.85. The third kappa shape index (κ3) is 3.42. The number of carbonyl (C=O) groups is 2. The Labute approximate surface area is 136 Å². The number of benzene rings is 2. The third-order valence-corrected chi connectivity index (χ3v) is 4.11. The minimum absolute atomic E-state index is 0.0536. The number of anilines is 1. The fraction of sp³-hybridized carbons (Fsp3) is 0.263. The van der Waals surface area contributed by atoms with Crippen molar-refractivity contribution in [3.8, 4) is 0 Å². The van der Waals surface area contributed by atoms with Crippen molar-refractivity contribution in [2.24, 2.45) is 0 Å². The molecular weight excluding hydrogens is 288 g/mol. The van der Waals surface area contributed by atoms with Gasteiger partial charge in [-0.25, -0.2) is 0 Å². The molecule has 1 unspecified atom stereocenters. The predicted octanol–water partition coefficient (Wildman–Crippen LogP) is 2.46. The molecule has 0 spiro atoms. The largest absolute Gasteiger partial charge is 0.354 e. The molecule has 1 fully saturated rings. The van der Waals surface area contributed by atoms with Gasteiger partial charge in [0.15, 0.2) is 0 Å². The van der Waals surface area contributed by atoms with E-state index in [1.807, 2.05) is 61.5 Å². The van der Waals surface area contributed by atoms with E-state index in [-0.39, 0.29) is 11.8 Å². The average molecular weight is 308 g/mol. The predicted molar refractivity (Wildman–Crippen MR) is 90.2 cm³/mol. The van der Waals surface area contributed by atoms with E-state index < -0.39 is 6.04 Å². The first kappa shape index (κ1) is 15.3. The molecule has 0 saturated carbocycles. The maximum absolute atomic E-state index is 12.9. The summed E-state index contributed by atoms with van der Waals surface area (Å²) in [6.07, 6.45) is 0.936. The van der Waals surface area contributed by atoms with Crippen LogP contribution in [0.5, 0.6) is 0 Å². The fourth-order valence-electron chi connectivity index (χ4n) is 2.89. The highest BCUT2D eigenvalue weighted by Crippen LogP contribution is 2.23. The molecule has 1 aliphatic heterocycles. The van der Waals surface area contributed by atoms with E-state index in [2.05, 4.69) is 5.32 Å². The molecule has 2 aromatic carbocycles. The molecule has 0 radical (unpaired) electrons. The molecular formula is C19H20N2O2. The number of nitrogens with zero attached hydrogens (tertiary/aromatic N) is 1. The zero-order valence-electron chi connectivity index (χ0n) is 13.2. The number of hydrogen-bond acceptors (Lipinski definition) is 2. The Balaban J connectivity index is 1.89. The van der Waals surface area contributed by atoms with Crippen LogP contribution >= 0.6 is 0 Å². The molecule has 0 aliphatic carbocycles. The zero-order chi connectivity index (χ0) is 16.2. The molecule has 3 rings (SSSR count). The number of aryl methyl sites for hydroxylation is 1. The van der Waals surface area contributed by atoms with Gasteiger partial charge in [0, 0.05) is 12.2 Å². The van der Waals surface area contributed by atoms with Crippen molar-refractivity contribution < 1.29 is 9.59 Å². The normalized spacial score (nSPS) is 16.9. The molecule has 23 heavy (non-hydrogen) atoms. The van der Waals surface area contributed by atoms with Gasteiger partial charge in [-0.1, -0.05) is 48.0 Å². The minimum Gasteiger partial charge on any atom is -0.354 e. The summed E-state index contributed by atoms with van der Waals surface area (Å²) in [6.45, 7) is 2.62. The van der Waals surface area contributed by atoms with Gasteiger partial charge in [-0.3, -0.25) is 14.5 Å². The second-order valence-electron chi connectivity index (χ2n) is 5.86. The van der Waals surface area contributed by atoms with Gasteiger partial charge in [-0.05, 0) is 31.0 Å². The van der Waals surface area contributed by atoms with Crippen LogP contribution < -0.4 is 10.2 Å². The van der Waals surface area contributed by atoms with E-state index in [1.54, 1.807) is 4.90 Å². The van der Waals surface area contributed by atoms with Gasteiger partial charge in [0.2, 0.25) is 11.8 Å². The lowest BCUT2D eigenvalue weighted by Gasteiger charge is -2.27. The maximum Gasteiger partial charge on any atom is 0.243 e. The molecule has 118 valence electrons. The van der Waals surface area contributed by atoms with Crippen molar-refractivity contribution in [2.45, 2.75) is 25.8 Å². The summed E-state index contributed by atoms with van der Waals surface area (Å²) >= 11 is 0. The Hall–Kier alpha value is -2.62. The van der Waals surface area contributed by atoms with Gasteiger partial charge in [0.1, 0.15) is 6.04 Å². The Kier molecular flexibility index (Phi) is 4.42. The third-order valence-electron chi connectivity index (χ3n) is 4.11. The number of nitrogens with one attached hydrogen (secondary N) is 1. The van der Waals surface area contributed by atoms with Gasteiger partial charge in [-0.2, -0.15) is 0 Å². The minimum atomic E-state index is -0.422. The SMILES string of the molecule is Cc1ccc(N(C(=O)Cc2ccccc2)C2CCNC2=O)cc1. The van der Waals surface area contributed by atoms with E-state index in [9.17, 15) is 9.59 Å². The Bertz CT molecular complexity index is 695. The Morgan fingerprint density at radius 1 is 1.13 bits per heavy atom.